The van der Waals surface area contributed by atoms with Crippen molar-refractivity contribution in [1.29, 1.82) is 0 Å². The molecule has 5 nitrogen and oxygen atoms in total. The molecule has 7 heteroatoms. The van der Waals surface area contributed by atoms with Crippen LogP contribution in [-0.2, 0) is 13.1 Å². The number of nitrogens with zero attached hydrogens (tertiary/aromatic N) is 1. The smallest absolute Gasteiger partial charge is 0.191 e. The van der Waals surface area contributed by atoms with E-state index in [1.165, 1.54) is 16.0 Å². The van der Waals surface area contributed by atoms with Crippen molar-refractivity contribution in [3.63, 3.8) is 0 Å². The zero-order valence-corrected chi connectivity index (χ0v) is 19.6. The Balaban J connectivity index is 0.00000364. The lowest BCUT2D eigenvalue weighted by Gasteiger charge is -2.15. The minimum absolute atomic E-state index is 0. The van der Waals surface area contributed by atoms with E-state index in [0.717, 1.165) is 29.6 Å². The van der Waals surface area contributed by atoms with Gasteiger partial charge in [-0.05, 0) is 48.1 Å². The average molecular weight is 501 g/mol. The van der Waals surface area contributed by atoms with Crippen LogP contribution in [0.5, 0.6) is 11.5 Å². The Bertz CT molecular complexity index is 769. The Labute approximate surface area is 183 Å². The predicted molar refractivity (Wildman–Crippen MR) is 125 cm³/mol. The van der Waals surface area contributed by atoms with Crippen LogP contribution in [0.1, 0.15) is 16.7 Å². The fraction of sp³-hybridized carbons (Fsp3) is 0.350. The molecule has 2 aromatic rings. The molecule has 0 saturated carbocycles. The molecule has 2 N–H and O–H groups in total. The highest BCUT2D eigenvalue weighted by Crippen LogP contribution is 2.27. The minimum atomic E-state index is 0. The maximum absolute atomic E-state index is 5.35. The second-order valence-electron chi connectivity index (χ2n) is 5.78. The molecule has 0 atom stereocenters. The fourth-order valence-corrected chi connectivity index (χ4v) is 3.28. The molecule has 0 spiro atoms. The number of nitrogens with one attached hydrogen (secondary N) is 2. The number of ether oxygens (including phenoxy) is 2. The number of aliphatic imine (C=N–C) groups is 1. The Morgan fingerprint density at radius 2 is 1.70 bits per heavy atom. The van der Waals surface area contributed by atoms with Gasteiger partial charge in [0.15, 0.2) is 17.5 Å². The van der Waals surface area contributed by atoms with Crippen LogP contribution in [0.15, 0.2) is 46.3 Å². The molecule has 27 heavy (non-hydrogen) atoms. The van der Waals surface area contributed by atoms with Crippen molar-refractivity contribution in [3.8, 4) is 11.5 Å². The van der Waals surface area contributed by atoms with Crippen molar-refractivity contribution in [2.45, 2.75) is 24.9 Å². The van der Waals surface area contributed by atoms with Gasteiger partial charge >= 0.3 is 0 Å². The van der Waals surface area contributed by atoms with Crippen LogP contribution in [0.25, 0.3) is 0 Å². The molecule has 0 aliphatic carbocycles. The van der Waals surface area contributed by atoms with Crippen molar-refractivity contribution >= 4 is 41.7 Å². The summed E-state index contributed by atoms with van der Waals surface area (Å²) in [5.74, 6) is 2.20. The van der Waals surface area contributed by atoms with E-state index in [2.05, 4.69) is 47.0 Å². The summed E-state index contributed by atoms with van der Waals surface area (Å²) in [6, 6.07) is 12.4. The largest absolute Gasteiger partial charge is 0.493 e. The van der Waals surface area contributed by atoms with Gasteiger partial charge in [0, 0.05) is 25.0 Å². The average Bonchev–Trinajstić information content (AvgIpc) is 2.68. The molecule has 0 saturated heterocycles. The van der Waals surface area contributed by atoms with Crippen LogP contribution < -0.4 is 20.1 Å². The van der Waals surface area contributed by atoms with Gasteiger partial charge in [-0.2, -0.15) is 0 Å². The summed E-state index contributed by atoms with van der Waals surface area (Å²) in [4.78, 5) is 5.58. The maximum atomic E-state index is 5.35. The zero-order chi connectivity index (χ0) is 18.9. The number of halogens is 1. The molecule has 2 rings (SSSR count). The van der Waals surface area contributed by atoms with Crippen LogP contribution in [0.4, 0.5) is 0 Å². The van der Waals surface area contributed by atoms with Crippen LogP contribution >= 0.6 is 35.7 Å². The predicted octanol–water partition coefficient (Wildman–Crippen LogP) is 4.22. The number of thioether (sulfide) groups is 1. The third kappa shape index (κ3) is 6.80. The Morgan fingerprint density at radius 3 is 2.33 bits per heavy atom. The van der Waals surface area contributed by atoms with Gasteiger partial charge in [0.25, 0.3) is 0 Å². The SMILES string of the molecule is CN=C(NCc1ccc(OC)c(OC)c1)NCc1ccc(C)cc1SC.I. The monoisotopic (exact) mass is 501 g/mol. The molecule has 0 heterocycles. The molecule has 2 aromatic carbocycles. The Morgan fingerprint density at radius 1 is 1.00 bits per heavy atom. The molecular weight excluding hydrogens is 473 g/mol. The highest BCUT2D eigenvalue weighted by Gasteiger charge is 2.06. The maximum Gasteiger partial charge on any atom is 0.191 e. The van der Waals surface area contributed by atoms with E-state index in [1.807, 2.05) is 18.2 Å². The first kappa shape index (κ1) is 23.4. The van der Waals surface area contributed by atoms with Gasteiger partial charge in [0.05, 0.1) is 14.2 Å². The summed E-state index contributed by atoms with van der Waals surface area (Å²) in [6.07, 6.45) is 2.10. The lowest BCUT2D eigenvalue weighted by Crippen LogP contribution is -2.36. The molecule has 0 radical (unpaired) electrons. The van der Waals surface area contributed by atoms with Crippen molar-refractivity contribution < 1.29 is 9.47 Å². The van der Waals surface area contributed by atoms with E-state index in [4.69, 9.17) is 9.47 Å². The second-order valence-corrected chi connectivity index (χ2v) is 6.63. The molecule has 0 fully saturated rings. The number of guanidine groups is 1. The number of benzene rings is 2. The van der Waals surface area contributed by atoms with E-state index >= 15 is 0 Å². The van der Waals surface area contributed by atoms with Crippen LogP contribution in [0, 0.1) is 6.92 Å². The van der Waals surface area contributed by atoms with Crippen molar-refractivity contribution in [2.24, 2.45) is 4.99 Å². The first-order valence-electron chi connectivity index (χ1n) is 8.40. The summed E-state index contributed by atoms with van der Waals surface area (Å²) in [5.41, 5.74) is 3.62. The summed E-state index contributed by atoms with van der Waals surface area (Å²) in [6.45, 7) is 3.48. The van der Waals surface area contributed by atoms with Gasteiger partial charge in [0.1, 0.15) is 0 Å². The topological polar surface area (TPSA) is 54.9 Å². The number of rotatable bonds is 7. The molecule has 0 aromatic heterocycles. The zero-order valence-electron chi connectivity index (χ0n) is 16.5. The van der Waals surface area contributed by atoms with Crippen molar-refractivity contribution in [2.75, 3.05) is 27.5 Å². The highest BCUT2D eigenvalue weighted by atomic mass is 127. The van der Waals surface area contributed by atoms with E-state index in [1.54, 1.807) is 33.0 Å². The first-order chi connectivity index (χ1) is 12.6. The van der Waals surface area contributed by atoms with Crippen molar-refractivity contribution in [3.05, 3.63) is 53.1 Å². The molecule has 0 aliphatic rings. The Hall–Kier alpha value is -1.61. The molecule has 0 unspecified atom stereocenters. The lowest BCUT2D eigenvalue weighted by molar-refractivity contribution is 0.354. The molecular formula is C20H28IN3O2S. The number of hydrogen-bond acceptors (Lipinski definition) is 4. The van der Waals surface area contributed by atoms with E-state index in [-0.39, 0.29) is 24.0 Å². The van der Waals surface area contributed by atoms with E-state index in [0.29, 0.717) is 6.54 Å². The fourth-order valence-electron chi connectivity index (χ4n) is 2.57. The van der Waals surface area contributed by atoms with Crippen LogP contribution in [0.2, 0.25) is 0 Å². The molecule has 0 aliphatic heterocycles. The Kier molecular flexibility index (Phi) is 10.4. The quantitative estimate of drug-likeness (QED) is 0.258. The normalized spacial score (nSPS) is 10.8. The first-order valence-corrected chi connectivity index (χ1v) is 9.62. The van der Waals surface area contributed by atoms with Gasteiger partial charge in [-0.25, -0.2) is 0 Å². The van der Waals surface area contributed by atoms with E-state index in [9.17, 15) is 0 Å². The molecule has 148 valence electrons. The minimum Gasteiger partial charge on any atom is -0.493 e. The standard InChI is InChI=1S/C20H27N3O2S.HI/c1-14-6-8-16(19(10-14)26-5)13-23-20(21-2)22-12-15-7-9-17(24-3)18(11-15)25-4;/h6-11H,12-13H2,1-5H3,(H2,21,22,23);1H. The number of methoxy groups -OCH3 is 2. The van der Waals surface area contributed by atoms with E-state index < -0.39 is 0 Å². The highest BCUT2D eigenvalue weighted by molar-refractivity contribution is 14.0. The third-order valence-corrected chi connectivity index (χ3v) is 4.84. The van der Waals surface area contributed by atoms with Gasteiger partial charge in [-0.3, -0.25) is 4.99 Å². The second kappa shape index (κ2) is 12.0. The summed E-state index contributed by atoms with van der Waals surface area (Å²) < 4.78 is 10.6. The summed E-state index contributed by atoms with van der Waals surface area (Å²) in [5, 5.41) is 6.70. The summed E-state index contributed by atoms with van der Waals surface area (Å²) in [7, 11) is 5.05. The van der Waals surface area contributed by atoms with Crippen LogP contribution in [0.3, 0.4) is 0 Å². The molecule has 0 bridgehead atoms. The van der Waals surface area contributed by atoms with Crippen molar-refractivity contribution in [1.82, 2.24) is 10.6 Å². The van der Waals surface area contributed by atoms with Crippen LogP contribution in [-0.4, -0.2) is 33.5 Å². The van der Waals surface area contributed by atoms with Gasteiger partial charge in [-0.15, -0.1) is 35.7 Å². The van der Waals surface area contributed by atoms with Gasteiger partial charge in [-0.1, -0.05) is 18.2 Å². The third-order valence-electron chi connectivity index (χ3n) is 4.02. The van der Waals surface area contributed by atoms with Gasteiger partial charge < -0.3 is 20.1 Å². The molecule has 0 amide bonds. The number of hydrogen-bond donors (Lipinski definition) is 2. The van der Waals surface area contributed by atoms with Gasteiger partial charge in [0.2, 0.25) is 0 Å². The summed E-state index contributed by atoms with van der Waals surface area (Å²) >= 11 is 1.76. The lowest BCUT2D eigenvalue weighted by atomic mass is 10.1. The number of aryl methyl sites for hydroxylation is 1.